The van der Waals surface area contributed by atoms with Gasteiger partial charge in [-0.15, -0.1) is 0 Å². The van der Waals surface area contributed by atoms with Crippen LogP contribution < -0.4 is 10.5 Å². The van der Waals surface area contributed by atoms with Crippen molar-refractivity contribution in [2.75, 3.05) is 13.2 Å². The Bertz CT molecular complexity index is 487. The maximum absolute atomic E-state index is 6.17. The topological polar surface area (TPSA) is 44.5 Å². The third-order valence-corrected chi connectivity index (χ3v) is 3.17. The van der Waals surface area contributed by atoms with Gasteiger partial charge in [-0.3, -0.25) is 0 Å². The number of ether oxygens (including phenoxy) is 2. The van der Waals surface area contributed by atoms with Gasteiger partial charge in [-0.05, 0) is 24.6 Å². The fourth-order valence-corrected chi connectivity index (χ4v) is 1.96. The highest BCUT2D eigenvalue weighted by Crippen LogP contribution is 2.16. The quantitative estimate of drug-likeness (QED) is 0.787. The van der Waals surface area contributed by atoms with Crippen molar-refractivity contribution >= 4 is 0 Å². The fraction of sp³-hybridized carbons (Fsp3) is 0.294. The van der Waals surface area contributed by atoms with Gasteiger partial charge < -0.3 is 15.2 Å². The highest BCUT2D eigenvalue weighted by molar-refractivity contribution is 5.21. The molecular formula is C17H21NO2. The Kier molecular flexibility index (Phi) is 5.59. The van der Waals surface area contributed by atoms with Crippen LogP contribution in [0.25, 0.3) is 0 Å². The van der Waals surface area contributed by atoms with Crippen LogP contribution in [-0.4, -0.2) is 19.3 Å². The number of hydrogen-bond donors (Lipinski definition) is 1. The van der Waals surface area contributed by atoms with Gasteiger partial charge in [0.15, 0.2) is 0 Å². The van der Waals surface area contributed by atoms with Crippen LogP contribution in [0.1, 0.15) is 18.5 Å². The smallest absolute Gasteiger partial charge is 0.119 e. The molecule has 0 fully saturated rings. The molecule has 0 amide bonds. The van der Waals surface area contributed by atoms with Gasteiger partial charge >= 0.3 is 0 Å². The van der Waals surface area contributed by atoms with E-state index in [1.165, 1.54) is 0 Å². The Balaban J connectivity index is 1.71. The molecule has 0 heterocycles. The average Bonchev–Trinajstić information content (AvgIpc) is 2.52. The molecule has 2 N–H and O–H groups in total. The summed E-state index contributed by atoms with van der Waals surface area (Å²) in [6, 6.07) is 19.6. The lowest BCUT2D eigenvalue weighted by molar-refractivity contribution is 0.0296. The van der Waals surface area contributed by atoms with Crippen LogP contribution in [0.3, 0.4) is 0 Å². The lowest BCUT2D eigenvalue weighted by atomic mass is 10.0. The van der Waals surface area contributed by atoms with E-state index in [0.29, 0.717) is 13.2 Å². The minimum atomic E-state index is -0.118. The number of benzene rings is 2. The monoisotopic (exact) mass is 271 g/mol. The van der Waals surface area contributed by atoms with Gasteiger partial charge in [0, 0.05) is 0 Å². The average molecular weight is 271 g/mol. The van der Waals surface area contributed by atoms with E-state index in [2.05, 4.69) is 0 Å². The van der Waals surface area contributed by atoms with Crippen LogP contribution in [0.2, 0.25) is 0 Å². The van der Waals surface area contributed by atoms with Crippen molar-refractivity contribution in [2.45, 2.75) is 19.1 Å². The molecule has 0 radical (unpaired) electrons. The van der Waals surface area contributed by atoms with E-state index in [1.807, 2.05) is 67.6 Å². The van der Waals surface area contributed by atoms with Crippen molar-refractivity contribution in [3.63, 3.8) is 0 Å². The molecule has 2 unspecified atom stereocenters. The van der Waals surface area contributed by atoms with Crippen molar-refractivity contribution in [2.24, 2.45) is 5.73 Å². The van der Waals surface area contributed by atoms with Gasteiger partial charge in [0.1, 0.15) is 12.4 Å². The number of para-hydroxylation sites is 1. The molecule has 0 saturated carbocycles. The first-order valence-corrected chi connectivity index (χ1v) is 6.87. The second kappa shape index (κ2) is 7.68. The normalized spacial score (nSPS) is 13.7. The minimum absolute atomic E-state index is 0.0447. The molecule has 2 aromatic carbocycles. The van der Waals surface area contributed by atoms with Gasteiger partial charge in [-0.25, -0.2) is 0 Å². The predicted octanol–water partition coefficient (Wildman–Crippen LogP) is 3.17. The van der Waals surface area contributed by atoms with Crippen LogP contribution in [0, 0.1) is 0 Å². The molecule has 106 valence electrons. The summed E-state index contributed by atoms with van der Waals surface area (Å²) in [5.74, 6) is 0.858. The van der Waals surface area contributed by atoms with Gasteiger partial charge in [0.05, 0.1) is 18.8 Å². The first kappa shape index (κ1) is 14.6. The standard InChI is InChI=1S/C17H21NO2/c1-14(17(18)15-8-4-2-5-9-15)19-12-13-20-16-10-6-3-7-11-16/h2-11,14,17H,12-13,18H2,1H3. The largest absolute Gasteiger partial charge is 0.491 e. The summed E-state index contributed by atoms with van der Waals surface area (Å²) in [5.41, 5.74) is 7.25. The molecule has 0 saturated heterocycles. The summed E-state index contributed by atoms with van der Waals surface area (Å²) in [6.07, 6.45) is -0.0447. The van der Waals surface area contributed by atoms with E-state index < -0.39 is 0 Å². The number of nitrogens with two attached hydrogens (primary N) is 1. The Morgan fingerprint density at radius 3 is 2.15 bits per heavy atom. The predicted molar refractivity (Wildman–Crippen MR) is 80.7 cm³/mol. The lowest BCUT2D eigenvalue weighted by Gasteiger charge is -2.21. The molecule has 2 atom stereocenters. The van der Waals surface area contributed by atoms with Crippen molar-refractivity contribution in [1.82, 2.24) is 0 Å². The summed E-state index contributed by atoms with van der Waals surface area (Å²) in [4.78, 5) is 0. The fourth-order valence-electron chi connectivity index (χ4n) is 1.96. The molecule has 20 heavy (non-hydrogen) atoms. The zero-order chi connectivity index (χ0) is 14.2. The van der Waals surface area contributed by atoms with Gasteiger partial charge in [0.2, 0.25) is 0 Å². The van der Waals surface area contributed by atoms with E-state index in [1.54, 1.807) is 0 Å². The Hall–Kier alpha value is -1.84. The highest BCUT2D eigenvalue weighted by Gasteiger charge is 2.14. The minimum Gasteiger partial charge on any atom is -0.491 e. The molecule has 3 nitrogen and oxygen atoms in total. The maximum atomic E-state index is 6.17. The van der Waals surface area contributed by atoms with Crippen LogP contribution in [0.4, 0.5) is 0 Å². The molecule has 0 aliphatic heterocycles. The summed E-state index contributed by atoms with van der Waals surface area (Å²) < 4.78 is 11.3. The second-order valence-corrected chi connectivity index (χ2v) is 4.67. The molecule has 3 heteroatoms. The Labute approximate surface area is 120 Å². The molecule has 2 rings (SSSR count). The van der Waals surface area contributed by atoms with Crippen LogP contribution in [-0.2, 0) is 4.74 Å². The van der Waals surface area contributed by atoms with Crippen molar-refractivity contribution < 1.29 is 9.47 Å². The molecule has 0 aliphatic rings. The Morgan fingerprint density at radius 2 is 1.50 bits per heavy atom. The SMILES string of the molecule is CC(OCCOc1ccccc1)C(N)c1ccccc1. The molecule has 0 bridgehead atoms. The van der Waals surface area contributed by atoms with Crippen LogP contribution in [0.5, 0.6) is 5.75 Å². The molecule has 2 aromatic rings. The van der Waals surface area contributed by atoms with Gasteiger partial charge in [-0.2, -0.15) is 0 Å². The van der Waals surface area contributed by atoms with E-state index in [4.69, 9.17) is 15.2 Å². The van der Waals surface area contributed by atoms with Crippen molar-refractivity contribution in [3.05, 3.63) is 66.2 Å². The van der Waals surface area contributed by atoms with Crippen molar-refractivity contribution in [1.29, 1.82) is 0 Å². The lowest BCUT2D eigenvalue weighted by Crippen LogP contribution is -2.27. The Morgan fingerprint density at radius 1 is 0.900 bits per heavy atom. The van der Waals surface area contributed by atoms with Crippen molar-refractivity contribution in [3.8, 4) is 5.75 Å². The number of hydrogen-bond acceptors (Lipinski definition) is 3. The first-order valence-electron chi connectivity index (χ1n) is 6.87. The highest BCUT2D eigenvalue weighted by atomic mass is 16.5. The maximum Gasteiger partial charge on any atom is 0.119 e. The second-order valence-electron chi connectivity index (χ2n) is 4.67. The number of rotatable bonds is 7. The molecule has 0 spiro atoms. The van der Waals surface area contributed by atoms with Crippen LogP contribution in [0.15, 0.2) is 60.7 Å². The molecular weight excluding hydrogens is 250 g/mol. The third-order valence-electron chi connectivity index (χ3n) is 3.17. The third kappa shape index (κ3) is 4.37. The first-order chi connectivity index (χ1) is 9.77. The van der Waals surface area contributed by atoms with E-state index in [-0.39, 0.29) is 12.1 Å². The summed E-state index contributed by atoms with van der Waals surface area (Å²) in [5, 5.41) is 0. The van der Waals surface area contributed by atoms with E-state index >= 15 is 0 Å². The summed E-state index contributed by atoms with van der Waals surface area (Å²) in [7, 11) is 0. The zero-order valence-electron chi connectivity index (χ0n) is 11.7. The van der Waals surface area contributed by atoms with Gasteiger partial charge in [-0.1, -0.05) is 48.5 Å². The molecule has 0 aliphatic carbocycles. The van der Waals surface area contributed by atoms with E-state index in [9.17, 15) is 0 Å². The van der Waals surface area contributed by atoms with Crippen LogP contribution >= 0.6 is 0 Å². The van der Waals surface area contributed by atoms with Gasteiger partial charge in [0.25, 0.3) is 0 Å². The summed E-state index contributed by atoms with van der Waals surface area (Å²) in [6.45, 7) is 3.03. The molecule has 0 aromatic heterocycles. The van der Waals surface area contributed by atoms with E-state index in [0.717, 1.165) is 11.3 Å². The zero-order valence-corrected chi connectivity index (χ0v) is 11.7. The summed E-state index contributed by atoms with van der Waals surface area (Å²) >= 11 is 0.